The van der Waals surface area contributed by atoms with Gasteiger partial charge in [-0.15, -0.1) is 0 Å². The topological polar surface area (TPSA) is 206 Å². The lowest BCUT2D eigenvalue weighted by Gasteiger charge is -2.19. The minimum atomic E-state index is -1.53. The van der Waals surface area contributed by atoms with Gasteiger partial charge in [-0.1, -0.05) is 48.5 Å². The Morgan fingerprint density at radius 2 is 1.51 bits per heavy atom. The lowest BCUT2D eigenvalue weighted by atomic mass is 9.93. The number of aliphatic carboxylic acids is 1. The number of guanidine groups is 1. The van der Waals surface area contributed by atoms with Crippen molar-refractivity contribution in [2.24, 2.45) is 16.5 Å². The van der Waals surface area contributed by atoms with Crippen LogP contribution in [-0.2, 0) is 19.2 Å². The molecule has 0 bridgehead atoms. The number of rotatable bonds is 13. The molecule has 12 nitrogen and oxygen atoms in total. The Balaban J connectivity index is 1.98. The normalized spacial score (nSPS) is 11.9. The van der Waals surface area contributed by atoms with Crippen molar-refractivity contribution in [3.05, 3.63) is 71.8 Å². The summed E-state index contributed by atoms with van der Waals surface area (Å²) in [6.45, 7) is -0.181. The van der Waals surface area contributed by atoms with Gasteiger partial charge in [-0.2, -0.15) is 0 Å². The molecule has 2 atom stereocenters. The molecule has 0 aliphatic rings. The zero-order valence-electron chi connectivity index (χ0n) is 20.1. The highest BCUT2D eigenvalue weighted by Gasteiger charge is 2.26. The van der Waals surface area contributed by atoms with E-state index in [2.05, 4.69) is 20.9 Å². The summed E-state index contributed by atoms with van der Waals surface area (Å²) < 4.78 is 0. The van der Waals surface area contributed by atoms with Gasteiger partial charge < -0.3 is 27.2 Å². The number of nitrogens with one attached hydrogen (secondary N) is 3. The number of hydrogen-bond donors (Lipinski definition) is 6. The zero-order valence-corrected chi connectivity index (χ0v) is 20.1. The maximum Gasteiger partial charge on any atom is 0.305 e. The molecule has 0 aromatic heterocycles. The predicted octanol–water partition coefficient (Wildman–Crippen LogP) is -0.144. The van der Waals surface area contributed by atoms with Crippen LogP contribution in [0.2, 0.25) is 0 Å². The van der Waals surface area contributed by atoms with E-state index in [1.165, 1.54) is 12.1 Å². The lowest BCUT2D eigenvalue weighted by Crippen LogP contribution is -2.51. The Hall–Kier alpha value is -4.74. The molecule has 8 N–H and O–H groups in total. The number of carbonyl (C=O) groups excluding carboxylic acids is 4. The van der Waals surface area contributed by atoms with E-state index in [4.69, 9.17) is 16.6 Å². The SMILES string of the molecule is NC(N)=NCCC[C@@H](C(=O)NCC(=O)N[C@@H](CC(=O)O)C(=O)NC(=O)c1ccccc1)c1ccccc1. The van der Waals surface area contributed by atoms with Gasteiger partial charge in [-0.05, 0) is 30.5 Å². The van der Waals surface area contributed by atoms with Crippen LogP contribution < -0.4 is 27.4 Å². The van der Waals surface area contributed by atoms with E-state index >= 15 is 0 Å². The molecule has 2 aromatic rings. The van der Waals surface area contributed by atoms with Gasteiger partial charge in [0.05, 0.1) is 18.9 Å². The van der Waals surface area contributed by atoms with Gasteiger partial charge in [0.2, 0.25) is 17.7 Å². The Labute approximate surface area is 213 Å². The smallest absolute Gasteiger partial charge is 0.305 e. The van der Waals surface area contributed by atoms with Gasteiger partial charge >= 0.3 is 5.97 Å². The Bertz CT molecular complexity index is 1120. The molecule has 0 unspecified atom stereocenters. The van der Waals surface area contributed by atoms with Crippen LogP contribution in [0.15, 0.2) is 65.7 Å². The van der Waals surface area contributed by atoms with E-state index < -0.39 is 54.5 Å². The molecule has 0 fully saturated rings. The van der Waals surface area contributed by atoms with Crippen LogP contribution in [0, 0.1) is 0 Å². The fourth-order valence-corrected chi connectivity index (χ4v) is 3.42. The van der Waals surface area contributed by atoms with Gasteiger partial charge in [0, 0.05) is 12.1 Å². The molecule has 0 radical (unpaired) electrons. The average molecular weight is 511 g/mol. The van der Waals surface area contributed by atoms with E-state index in [0.29, 0.717) is 19.4 Å². The van der Waals surface area contributed by atoms with Crippen molar-refractivity contribution in [2.45, 2.75) is 31.2 Å². The van der Waals surface area contributed by atoms with Gasteiger partial charge in [0.1, 0.15) is 6.04 Å². The van der Waals surface area contributed by atoms with Crippen LogP contribution in [0.1, 0.15) is 41.1 Å². The summed E-state index contributed by atoms with van der Waals surface area (Å²) in [7, 11) is 0. The average Bonchev–Trinajstić information content (AvgIpc) is 2.87. The molecule has 0 aliphatic carbocycles. The van der Waals surface area contributed by atoms with E-state index in [1.54, 1.807) is 42.5 Å². The molecule has 4 amide bonds. The minimum Gasteiger partial charge on any atom is -0.481 e. The third kappa shape index (κ3) is 10.2. The molecular formula is C25H30N6O6. The highest BCUT2D eigenvalue weighted by Crippen LogP contribution is 2.21. The molecule has 2 rings (SSSR count). The first kappa shape index (κ1) is 28.5. The largest absolute Gasteiger partial charge is 0.481 e. The maximum atomic E-state index is 12.9. The summed E-state index contributed by atoms with van der Waals surface area (Å²) in [5.74, 6) is -4.97. The molecule has 0 aliphatic heterocycles. The maximum absolute atomic E-state index is 12.9. The van der Waals surface area contributed by atoms with Crippen LogP contribution in [0.25, 0.3) is 0 Å². The van der Waals surface area contributed by atoms with Crippen molar-refractivity contribution in [1.29, 1.82) is 0 Å². The summed E-state index contributed by atoms with van der Waals surface area (Å²) >= 11 is 0. The van der Waals surface area contributed by atoms with Crippen molar-refractivity contribution in [3.63, 3.8) is 0 Å². The fourth-order valence-electron chi connectivity index (χ4n) is 3.42. The highest BCUT2D eigenvalue weighted by molar-refractivity contribution is 6.07. The molecule has 0 spiro atoms. The Kier molecular flexibility index (Phi) is 11.3. The van der Waals surface area contributed by atoms with Gasteiger partial charge in [-0.3, -0.25) is 34.3 Å². The third-order valence-corrected chi connectivity index (χ3v) is 5.19. The van der Waals surface area contributed by atoms with Crippen molar-refractivity contribution < 1.29 is 29.1 Å². The van der Waals surface area contributed by atoms with E-state index in [0.717, 1.165) is 5.56 Å². The molecule has 0 saturated carbocycles. The second kappa shape index (κ2) is 14.6. The van der Waals surface area contributed by atoms with E-state index in [-0.39, 0.29) is 11.5 Å². The number of amides is 4. The summed E-state index contributed by atoms with van der Waals surface area (Å²) in [4.78, 5) is 65.2. The summed E-state index contributed by atoms with van der Waals surface area (Å²) in [6.07, 6.45) is 0.151. The molecule has 2 aromatic carbocycles. The van der Waals surface area contributed by atoms with Crippen LogP contribution in [0.4, 0.5) is 0 Å². The number of nitrogens with two attached hydrogens (primary N) is 2. The van der Waals surface area contributed by atoms with E-state index in [9.17, 15) is 24.0 Å². The molecule has 12 heteroatoms. The van der Waals surface area contributed by atoms with Crippen LogP contribution in [0.3, 0.4) is 0 Å². The monoisotopic (exact) mass is 510 g/mol. The molecule has 0 heterocycles. The second-order valence-corrected chi connectivity index (χ2v) is 8.03. The number of nitrogens with zero attached hydrogens (tertiary/aromatic N) is 1. The van der Waals surface area contributed by atoms with Crippen LogP contribution in [-0.4, -0.2) is 59.8 Å². The van der Waals surface area contributed by atoms with Crippen molar-refractivity contribution in [3.8, 4) is 0 Å². The number of hydrogen-bond acceptors (Lipinski definition) is 6. The van der Waals surface area contributed by atoms with Gasteiger partial charge in [0.15, 0.2) is 5.96 Å². The third-order valence-electron chi connectivity index (χ3n) is 5.19. The zero-order chi connectivity index (χ0) is 27.2. The van der Waals surface area contributed by atoms with Crippen LogP contribution >= 0.6 is 0 Å². The highest BCUT2D eigenvalue weighted by atomic mass is 16.4. The van der Waals surface area contributed by atoms with Crippen molar-refractivity contribution >= 4 is 35.6 Å². The Morgan fingerprint density at radius 3 is 2.11 bits per heavy atom. The summed E-state index contributed by atoms with van der Waals surface area (Å²) in [6, 6.07) is 15.2. The molecular weight excluding hydrogens is 480 g/mol. The first-order chi connectivity index (χ1) is 17.7. The number of carbonyl (C=O) groups is 5. The summed E-state index contributed by atoms with van der Waals surface area (Å²) in [5, 5.41) is 16.0. The van der Waals surface area contributed by atoms with Crippen LogP contribution in [0.5, 0.6) is 0 Å². The second-order valence-electron chi connectivity index (χ2n) is 8.03. The molecule has 196 valence electrons. The first-order valence-electron chi connectivity index (χ1n) is 11.5. The standard InChI is InChI=1S/C25H30N6O6/c26-25(27)28-13-7-12-18(16-8-3-1-4-9-16)23(36)29-15-20(32)30-19(14-21(33)34)24(37)31-22(35)17-10-5-2-6-11-17/h1-6,8-11,18-19H,7,12-15H2,(H,29,36)(H,30,32)(H,33,34)(H4,26,27,28)(H,31,35,37)/t18-,19+/m1/s1. The minimum absolute atomic E-state index is 0.0530. The number of carboxylic acids is 1. The van der Waals surface area contributed by atoms with E-state index in [1.807, 2.05) is 6.07 Å². The Morgan fingerprint density at radius 1 is 0.892 bits per heavy atom. The predicted molar refractivity (Wildman–Crippen MR) is 135 cm³/mol. The van der Waals surface area contributed by atoms with Gasteiger partial charge in [-0.25, -0.2) is 0 Å². The number of benzene rings is 2. The number of aliphatic imine (C=N–C) groups is 1. The molecule has 0 saturated heterocycles. The number of imide groups is 1. The quantitative estimate of drug-likeness (QED) is 0.121. The fraction of sp³-hybridized carbons (Fsp3) is 0.280. The molecule has 37 heavy (non-hydrogen) atoms. The first-order valence-corrected chi connectivity index (χ1v) is 11.5. The van der Waals surface area contributed by atoms with Crippen molar-refractivity contribution in [2.75, 3.05) is 13.1 Å². The lowest BCUT2D eigenvalue weighted by molar-refractivity contribution is -0.140. The summed E-state index contributed by atoms with van der Waals surface area (Å²) in [5.41, 5.74) is 11.6. The number of carboxylic acid groups (broad SMARTS) is 1. The van der Waals surface area contributed by atoms with Gasteiger partial charge in [0.25, 0.3) is 5.91 Å². The van der Waals surface area contributed by atoms with Crippen molar-refractivity contribution in [1.82, 2.24) is 16.0 Å².